The van der Waals surface area contributed by atoms with E-state index in [4.69, 9.17) is 21.1 Å². The normalized spacial score (nSPS) is 24.8. The van der Waals surface area contributed by atoms with Crippen molar-refractivity contribution in [3.63, 3.8) is 0 Å². The Labute approximate surface area is 121 Å². The van der Waals surface area contributed by atoms with Crippen molar-refractivity contribution < 1.29 is 23.8 Å². The van der Waals surface area contributed by atoms with E-state index in [2.05, 4.69) is 0 Å². The first kappa shape index (κ1) is 15.1. The van der Waals surface area contributed by atoms with E-state index in [0.717, 1.165) is 6.07 Å². The van der Waals surface area contributed by atoms with Gasteiger partial charge < -0.3 is 14.6 Å². The molecule has 1 aromatic carbocycles. The molecule has 0 spiro atoms. The number of esters is 1. The van der Waals surface area contributed by atoms with Gasteiger partial charge in [0.05, 0.1) is 24.2 Å². The van der Waals surface area contributed by atoms with Gasteiger partial charge in [-0.2, -0.15) is 0 Å². The summed E-state index contributed by atoms with van der Waals surface area (Å²) in [4.78, 5) is 11.7. The van der Waals surface area contributed by atoms with Crippen LogP contribution in [0, 0.1) is 5.82 Å². The van der Waals surface area contributed by atoms with Crippen molar-refractivity contribution in [3.8, 4) is 5.75 Å². The summed E-state index contributed by atoms with van der Waals surface area (Å²) >= 11 is 5.75. The van der Waals surface area contributed by atoms with Crippen molar-refractivity contribution >= 4 is 17.6 Å². The Kier molecular flexibility index (Phi) is 4.20. The third-order valence-corrected chi connectivity index (χ3v) is 3.51. The van der Waals surface area contributed by atoms with Crippen molar-refractivity contribution in [2.45, 2.75) is 38.4 Å². The number of hydrogen-bond donors (Lipinski definition) is 1. The Hall–Kier alpha value is -1.33. The standard InChI is InChI=1S/C14H16ClFO4/c1-3-19-13(17)7-14(18)6-8(2)20-12-5-11(16)10(15)4-9(12)14/h4-5,8,18H,3,6-7H2,1-2H3/t8-,14-/m1/s1. The van der Waals surface area contributed by atoms with Crippen LogP contribution in [0.2, 0.25) is 5.02 Å². The molecule has 0 bridgehead atoms. The highest BCUT2D eigenvalue weighted by atomic mass is 35.5. The number of benzene rings is 1. The van der Waals surface area contributed by atoms with E-state index in [0.29, 0.717) is 5.56 Å². The molecule has 0 saturated heterocycles. The summed E-state index contributed by atoms with van der Waals surface area (Å²) in [6, 6.07) is 2.43. The number of ether oxygens (including phenoxy) is 2. The topological polar surface area (TPSA) is 55.8 Å². The highest BCUT2D eigenvalue weighted by Crippen LogP contribution is 2.43. The van der Waals surface area contributed by atoms with Gasteiger partial charge in [0.25, 0.3) is 0 Å². The lowest BCUT2D eigenvalue weighted by Gasteiger charge is -2.37. The van der Waals surface area contributed by atoms with Gasteiger partial charge in [-0.3, -0.25) is 4.79 Å². The quantitative estimate of drug-likeness (QED) is 0.872. The summed E-state index contributed by atoms with van der Waals surface area (Å²) in [6.45, 7) is 3.66. The zero-order valence-electron chi connectivity index (χ0n) is 11.3. The fraction of sp³-hybridized carbons (Fsp3) is 0.500. The molecule has 1 aliphatic rings. The van der Waals surface area contributed by atoms with E-state index in [1.54, 1.807) is 13.8 Å². The molecule has 2 rings (SSSR count). The van der Waals surface area contributed by atoms with E-state index < -0.39 is 17.4 Å². The third kappa shape index (κ3) is 2.88. The van der Waals surface area contributed by atoms with Crippen molar-refractivity contribution in [2.75, 3.05) is 6.61 Å². The van der Waals surface area contributed by atoms with E-state index in [9.17, 15) is 14.3 Å². The van der Waals surface area contributed by atoms with Gasteiger partial charge in [-0.05, 0) is 19.9 Å². The minimum Gasteiger partial charge on any atom is -0.490 e. The van der Waals surface area contributed by atoms with Gasteiger partial charge in [0.1, 0.15) is 17.2 Å². The van der Waals surface area contributed by atoms with Gasteiger partial charge in [-0.1, -0.05) is 11.6 Å². The van der Waals surface area contributed by atoms with Crippen LogP contribution in [-0.2, 0) is 15.1 Å². The van der Waals surface area contributed by atoms with Crippen LogP contribution in [0.25, 0.3) is 0 Å². The molecule has 0 unspecified atom stereocenters. The molecule has 0 aliphatic carbocycles. The second-order valence-electron chi connectivity index (χ2n) is 4.91. The molecule has 4 nitrogen and oxygen atoms in total. The zero-order valence-corrected chi connectivity index (χ0v) is 12.0. The van der Waals surface area contributed by atoms with Crippen LogP contribution in [0.1, 0.15) is 32.3 Å². The number of rotatable bonds is 3. The highest BCUT2D eigenvalue weighted by molar-refractivity contribution is 6.30. The van der Waals surface area contributed by atoms with Crippen LogP contribution in [0.15, 0.2) is 12.1 Å². The monoisotopic (exact) mass is 302 g/mol. The van der Waals surface area contributed by atoms with E-state index in [1.165, 1.54) is 6.07 Å². The highest BCUT2D eigenvalue weighted by Gasteiger charge is 2.41. The van der Waals surface area contributed by atoms with Crippen molar-refractivity contribution in [1.82, 2.24) is 0 Å². The van der Waals surface area contributed by atoms with Crippen LogP contribution >= 0.6 is 11.6 Å². The average molecular weight is 303 g/mol. The fourth-order valence-corrected chi connectivity index (χ4v) is 2.62. The predicted molar refractivity (Wildman–Crippen MR) is 71.3 cm³/mol. The maximum absolute atomic E-state index is 13.5. The Bertz CT molecular complexity index is 534. The first-order valence-corrected chi connectivity index (χ1v) is 6.77. The number of halogens is 2. The molecular formula is C14H16ClFO4. The molecule has 20 heavy (non-hydrogen) atoms. The van der Waals surface area contributed by atoms with Gasteiger partial charge in [-0.25, -0.2) is 4.39 Å². The molecule has 110 valence electrons. The minimum absolute atomic E-state index is 0.121. The van der Waals surface area contributed by atoms with Gasteiger partial charge in [0, 0.05) is 18.1 Å². The summed E-state index contributed by atoms with van der Waals surface area (Å²) in [5.74, 6) is -0.939. The Morgan fingerprint density at radius 1 is 1.65 bits per heavy atom. The zero-order chi connectivity index (χ0) is 14.9. The van der Waals surface area contributed by atoms with Crippen molar-refractivity contribution in [1.29, 1.82) is 0 Å². The smallest absolute Gasteiger partial charge is 0.309 e. The maximum Gasteiger partial charge on any atom is 0.309 e. The summed E-state index contributed by atoms with van der Waals surface area (Å²) < 4.78 is 23.8. The number of hydrogen-bond acceptors (Lipinski definition) is 4. The molecule has 6 heteroatoms. The number of carbonyl (C=O) groups excluding carboxylic acids is 1. The van der Waals surface area contributed by atoms with Crippen LogP contribution in [0.3, 0.4) is 0 Å². The third-order valence-electron chi connectivity index (χ3n) is 3.22. The summed E-state index contributed by atoms with van der Waals surface area (Å²) in [6.07, 6.45) is -0.355. The lowest BCUT2D eigenvalue weighted by molar-refractivity contribution is -0.151. The molecular weight excluding hydrogens is 287 g/mol. The molecule has 0 radical (unpaired) electrons. The van der Waals surface area contributed by atoms with E-state index in [-0.39, 0.29) is 36.3 Å². The van der Waals surface area contributed by atoms with Gasteiger partial charge in [0.2, 0.25) is 0 Å². The summed E-state index contributed by atoms with van der Waals surface area (Å²) in [7, 11) is 0. The number of fused-ring (bicyclic) bond motifs is 1. The van der Waals surface area contributed by atoms with E-state index in [1.807, 2.05) is 0 Å². The molecule has 1 N–H and O–H groups in total. The lowest BCUT2D eigenvalue weighted by Crippen LogP contribution is -2.39. The molecule has 2 atom stereocenters. The second-order valence-corrected chi connectivity index (χ2v) is 5.32. The Balaban J connectivity index is 2.40. The fourth-order valence-electron chi connectivity index (χ4n) is 2.45. The minimum atomic E-state index is -1.46. The van der Waals surface area contributed by atoms with Crippen LogP contribution in [0.4, 0.5) is 4.39 Å². The van der Waals surface area contributed by atoms with Crippen molar-refractivity contribution in [3.05, 3.63) is 28.5 Å². The molecule has 0 fully saturated rings. The van der Waals surface area contributed by atoms with Crippen LogP contribution < -0.4 is 4.74 Å². The molecule has 1 heterocycles. The summed E-state index contributed by atoms with van der Waals surface area (Å²) in [5, 5.41) is 10.6. The molecule has 1 aromatic rings. The van der Waals surface area contributed by atoms with Crippen LogP contribution in [0.5, 0.6) is 5.75 Å². The first-order chi connectivity index (χ1) is 9.35. The van der Waals surface area contributed by atoms with E-state index >= 15 is 0 Å². The average Bonchev–Trinajstić information content (AvgIpc) is 2.31. The SMILES string of the molecule is CCOC(=O)C[C@]1(O)C[C@@H](C)Oc2cc(F)c(Cl)cc21. The molecule has 0 amide bonds. The first-order valence-electron chi connectivity index (χ1n) is 6.40. The molecule has 0 aromatic heterocycles. The van der Waals surface area contributed by atoms with Crippen LogP contribution in [-0.4, -0.2) is 23.8 Å². The predicted octanol–water partition coefficient (Wildman–Crippen LogP) is 2.79. The second kappa shape index (κ2) is 5.58. The number of carbonyl (C=O) groups is 1. The Morgan fingerprint density at radius 2 is 2.35 bits per heavy atom. The largest absolute Gasteiger partial charge is 0.490 e. The van der Waals surface area contributed by atoms with Gasteiger partial charge in [-0.15, -0.1) is 0 Å². The molecule has 1 aliphatic heterocycles. The maximum atomic E-state index is 13.5. The summed E-state index contributed by atoms with van der Waals surface area (Å²) in [5.41, 5.74) is -1.15. The molecule has 0 saturated carbocycles. The lowest BCUT2D eigenvalue weighted by atomic mass is 9.83. The van der Waals surface area contributed by atoms with Gasteiger partial charge >= 0.3 is 5.97 Å². The number of aliphatic hydroxyl groups is 1. The van der Waals surface area contributed by atoms with Crippen molar-refractivity contribution in [2.24, 2.45) is 0 Å². The Morgan fingerprint density at radius 3 is 3.00 bits per heavy atom. The van der Waals surface area contributed by atoms with Gasteiger partial charge in [0.15, 0.2) is 0 Å².